The van der Waals surface area contributed by atoms with Crippen LogP contribution in [0, 0.1) is 5.82 Å². The lowest BCUT2D eigenvalue weighted by molar-refractivity contribution is 0.356. The molecule has 2 nitrogen and oxygen atoms in total. The summed E-state index contributed by atoms with van der Waals surface area (Å²) in [6.07, 6.45) is 0. The average molecular weight is 225 g/mol. The van der Waals surface area contributed by atoms with E-state index in [1.165, 1.54) is 7.11 Å². The van der Waals surface area contributed by atoms with Crippen molar-refractivity contribution >= 4 is 0 Å². The fraction of sp³-hybridized carbons (Fsp3) is 0.538. The molecule has 0 saturated heterocycles. The Bertz CT molecular complexity index is 363. The topological polar surface area (TPSA) is 21.3 Å². The number of nitrogens with one attached hydrogen (secondary N) is 1. The Labute approximate surface area is 96.8 Å². The Balaban J connectivity index is 3.02. The Kier molecular flexibility index (Phi) is 3.92. The molecule has 3 heteroatoms. The van der Waals surface area contributed by atoms with E-state index in [1.54, 1.807) is 12.1 Å². The Hall–Kier alpha value is -1.09. The van der Waals surface area contributed by atoms with Crippen LogP contribution in [0.3, 0.4) is 0 Å². The second-order valence-corrected chi connectivity index (χ2v) is 4.59. The lowest BCUT2D eigenvalue weighted by atomic mass is 9.83. The monoisotopic (exact) mass is 225 g/mol. The quantitative estimate of drug-likeness (QED) is 0.850. The molecule has 0 bridgehead atoms. The van der Waals surface area contributed by atoms with Gasteiger partial charge in [-0.2, -0.15) is 0 Å². The number of rotatable bonds is 4. The van der Waals surface area contributed by atoms with Crippen molar-refractivity contribution in [3.63, 3.8) is 0 Å². The molecule has 90 valence electrons. The highest BCUT2D eigenvalue weighted by molar-refractivity contribution is 5.32. The van der Waals surface area contributed by atoms with Crippen LogP contribution in [0.1, 0.15) is 32.3 Å². The van der Waals surface area contributed by atoms with Gasteiger partial charge in [-0.15, -0.1) is 0 Å². The van der Waals surface area contributed by atoms with Gasteiger partial charge in [0.05, 0.1) is 7.11 Å². The van der Waals surface area contributed by atoms with Gasteiger partial charge in [0, 0.05) is 5.54 Å². The van der Waals surface area contributed by atoms with Gasteiger partial charge >= 0.3 is 0 Å². The first-order chi connectivity index (χ1) is 7.42. The van der Waals surface area contributed by atoms with Gasteiger partial charge in [0.15, 0.2) is 11.6 Å². The molecule has 0 aliphatic rings. The van der Waals surface area contributed by atoms with Crippen LogP contribution < -0.4 is 10.1 Å². The van der Waals surface area contributed by atoms with E-state index < -0.39 is 0 Å². The van der Waals surface area contributed by atoms with E-state index in [0.717, 1.165) is 5.56 Å². The second kappa shape index (κ2) is 4.83. The van der Waals surface area contributed by atoms with Gasteiger partial charge in [-0.1, -0.05) is 13.0 Å². The summed E-state index contributed by atoms with van der Waals surface area (Å²) in [7, 11) is 3.38. The molecule has 1 rings (SSSR count). The number of hydrogen-bond acceptors (Lipinski definition) is 2. The smallest absolute Gasteiger partial charge is 0.165 e. The molecule has 0 spiro atoms. The average Bonchev–Trinajstić information content (AvgIpc) is 2.27. The highest BCUT2D eigenvalue weighted by Gasteiger charge is 2.25. The molecule has 0 aromatic heterocycles. The van der Waals surface area contributed by atoms with E-state index in [1.807, 2.05) is 13.1 Å². The number of ether oxygens (including phenoxy) is 1. The highest BCUT2D eigenvalue weighted by atomic mass is 19.1. The zero-order valence-corrected chi connectivity index (χ0v) is 10.6. The minimum Gasteiger partial charge on any atom is -0.494 e. The van der Waals surface area contributed by atoms with E-state index in [4.69, 9.17) is 4.74 Å². The summed E-state index contributed by atoms with van der Waals surface area (Å²) in [5.41, 5.74) is 0.902. The first kappa shape index (κ1) is 13.0. The van der Waals surface area contributed by atoms with E-state index in [2.05, 4.69) is 26.1 Å². The van der Waals surface area contributed by atoms with Gasteiger partial charge in [-0.3, -0.25) is 0 Å². The third-order valence-corrected chi connectivity index (χ3v) is 3.40. The molecule has 1 N–H and O–H groups in total. The van der Waals surface area contributed by atoms with Gasteiger partial charge in [0.1, 0.15) is 0 Å². The molecule has 0 fully saturated rings. The minimum absolute atomic E-state index is 0.0684. The molecule has 0 heterocycles. The lowest BCUT2D eigenvalue weighted by Crippen LogP contribution is -2.41. The van der Waals surface area contributed by atoms with Crippen molar-refractivity contribution in [2.24, 2.45) is 0 Å². The summed E-state index contributed by atoms with van der Waals surface area (Å²) in [6, 6.07) is 5.13. The van der Waals surface area contributed by atoms with Crippen LogP contribution in [0.4, 0.5) is 4.39 Å². The first-order valence-corrected chi connectivity index (χ1v) is 5.44. The van der Waals surface area contributed by atoms with Gasteiger partial charge in [0.25, 0.3) is 0 Å². The maximum Gasteiger partial charge on any atom is 0.165 e. The van der Waals surface area contributed by atoms with Crippen molar-refractivity contribution in [2.45, 2.75) is 32.2 Å². The molecule has 0 amide bonds. The maximum absolute atomic E-state index is 13.6. The summed E-state index contributed by atoms with van der Waals surface area (Å²) in [5.74, 6) is 0.204. The fourth-order valence-electron chi connectivity index (χ4n) is 1.59. The molecular formula is C13H20FNO. The van der Waals surface area contributed by atoms with Crippen molar-refractivity contribution < 1.29 is 9.13 Å². The molecule has 1 aromatic rings. The Morgan fingerprint density at radius 2 is 2.00 bits per heavy atom. The summed E-state index contributed by atoms with van der Waals surface area (Å²) >= 11 is 0. The highest BCUT2D eigenvalue weighted by Crippen LogP contribution is 2.29. The number of halogens is 1. The zero-order chi connectivity index (χ0) is 12.3. The van der Waals surface area contributed by atoms with Crippen LogP contribution in [0.2, 0.25) is 0 Å². The predicted octanol–water partition coefficient (Wildman–Crippen LogP) is 2.94. The third kappa shape index (κ3) is 2.53. The van der Waals surface area contributed by atoms with Gasteiger partial charge in [-0.05, 0) is 44.5 Å². The Morgan fingerprint density at radius 1 is 1.38 bits per heavy atom. The van der Waals surface area contributed by atoms with E-state index in [0.29, 0.717) is 5.75 Å². The maximum atomic E-state index is 13.6. The normalized spacial score (nSPS) is 13.6. The number of likely N-dealkylation sites (N-methyl/N-ethyl adjacent to an activating group) is 1. The largest absolute Gasteiger partial charge is 0.494 e. The van der Waals surface area contributed by atoms with E-state index >= 15 is 0 Å². The third-order valence-electron chi connectivity index (χ3n) is 3.40. The minimum atomic E-state index is -0.307. The Morgan fingerprint density at radius 3 is 2.44 bits per heavy atom. The van der Waals surface area contributed by atoms with E-state index in [9.17, 15) is 4.39 Å². The molecular weight excluding hydrogens is 205 g/mol. The van der Waals surface area contributed by atoms with Gasteiger partial charge < -0.3 is 10.1 Å². The molecule has 1 atom stereocenters. The molecule has 16 heavy (non-hydrogen) atoms. The van der Waals surface area contributed by atoms with Crippen LogP contribution in [-0.2, 0) is 0 Å². The number of methoxy groups -OCH3 is 1. The van der Waals surface area contributed by atoms with Crippen LogP contribution in [0.25, 0.3) is 0 Å². The summed E-state index contributed by atoms with van der Waals surface area (Å²) in [5, 5.41) is 3.23. The number of hydrogen-bond donors (Lipinski definition) is 1. The van der Waals surface area contributed by atoms with Crippen LogP contribution in [0.15, 0.2) is 18.2 Å². The summed E-state index contributed by atoms with van der Waals surface area (Å²) in [6.45, 7) is 6.28. The SMILES string of the molecule is CNC(C)(C)C(C)c1ccc(OC)c(F)c1. The molecule has 0 radical (unpaired) electrons. The molecule has 1 aromatic carbocycles. The van der Waals surface area contributed by atoms with Crippen molar-refractivity contribution in [3.05, 3.63) is 29.6 Å². The first-order valence-electron chi connectivity index (χ1n) is 5.44. The molecule has 0 aliphatic carbocycles. The van der Waals surface area contributed by atoms with Crippen LogP contribution in [-0.4, -0.2) is 19.7 Å². The van der Waals surface area contributed by atoms with E-state index in [-0.39, 0.29) is 17.3 Å². The number of benzene rings is 1. The molecule has 0 saturated carbocycles. The second-order valence-electron chi connectivity index (χ2n) is 4.59. The lowest BCUT2D eigenvalue weighted by Gasteiger charge is -2.32. The summed E-state index contributed by atoms with van der Waals surface area (Å²) < 4.78 is 18.5. The molecule has 1 unspecified atom stereocenters. The van der Waals surface area contributed by atoms with Crippen LogP contribution >= 0.6 is 0 Å². The standard InChI is InChI=1S/C13H20FNO/c1-9(13(2,3)15-4)10-6-7-12(16-5)11(14)8-10/h6-9,15H,1-5H3. The predicted molar refractivity (Wildman–Crippen MR) is 64.5 cm³/mol. The van der Waals surface area contributed by atoms with Crippen molar-refractivity contribution in [1.29, 1.82) is 0 Å². The molecule has 0 aliphatic heterocycles. The summed E-state index contributed by atoms with van der Waals surface area (Å²) in [4.78, 5) is 0. The van der Waals surface area contributed by atoms with Crippen molar-refractivity contribution in [3.8, 4) is 5.75 Å². The van der Waals surface area contributed by atoms with Gasteiger partial charge in [-0.25, -0.2) is 4.39 Å². The van der Waals surface area contributed by atoms with Crippen LogP contribution in [0.5, 0.6) is 5.75 Å². The van der Waals surface area contributed by atoms with Gasteiger partial charge in [0.2, 0.25) is 0 Å². The van der Waals surface area contributed by atoms with Crippen molar-refractivity contribution in [1.82, 2.24) is 5.32 Å². The zero-order valence-electron chi connectivity index (χ0n) is 10.6. The fourth-order valence-corrected chi connectivity index (χ4v) is 1.59. The van der Waals surface area contributed by atoms with Crippen molar-refractivity contribution in [2.75, 3.05) is 14.2 Å².